The largest absolute Gasteiger partial charge is 0.463 e. The van der Waals surface area contributed by atoms with Crippen LogP contribution in [-0.2, 0) is 4.79 Å². The molecule has 1 aliphatic rings. The maximum Gasteiger partial charge on any atom is 0.276 e. The lowest BCUT2D eigenvalue weighted by Gasteiger charge is -2.08. The fourth-order valence-corrected chi connectivity index (χ4v) is 3.46. The molecule has 2 amide bonds. The average Bonchev–Trinajstić information content (AvgIpc) is 3.31. The average molecular weight is 447 g/mol. The van der Waals surface area contributed by atoms with E-state index in [0.29, 0.717) is 27.9 Å². The highest BCUT2D eigenvalue weighted by Gasteiger charge is 2.29. The highest BCUT2D eigenvalue weighted by atomic mass is 35.5. The molecule has 2 heterocycles. The van der Waals surface area contributed by atoms with Gasteiger partial charge in [-0.3, -0.25) is 9.59 Å². The number of carbonyl (C=O) groups is 2. The summed E-state index contributed by atoms with van der Waals surface area (Å²) < 4.78 is 7.17. The molecule has 0 atom stereocenters. The van der Waals surface area contributed by atoms with Crippen LogP contribution in [-0.4, -0.2) is 21.6 Å². The molecule has 0 radical (unpaired) electrons. The number of amides is 2. The number of halogens is 1. The molecule has 0 bridgehead atoms. The summed E-state index contributed by atoms with van der Waals surface area (Å²) in [5.41, 5.74) is 2.79. The quantitative estimate of drug-likeness (QED) is 0.415. The standard InChI is InChI=1S/C24H19ClN4O3/c25-16-8-10-19(11-9-16)29-21(22-5-2-12-32-22)14-20(28-29)24(31)27-18-4-1-3-17(13-18)26-23(30)15-6-7-15/h1-5,8-15H,6-7H2,(H,26,30)(H,27,31). The molecule has 2 aromatic heterocycles. The third-order valence-electron chi connectivity index (χ3n) is 5.12. The molecule has 1 saturated carbocycles. The normalized spacial score (nSPS) is 13.0. The van der Waals surface area contributed by atoms with Crippen LogP contribution >= 0.6 is 11.6 Å². The third kappa shape index (κ3) is 4.29. The lowest BCUT2D eigenvalue weighted by atomic mass is 10.2. The maximum atomic E-state index is 13.0. The minimum Gasteiger partial charge on any atom is -0.463 e. The van der Waals surface area contributed by atoms with Gasteiger partial charge in [0.05, 0.1) is 12.0 Å². The Kier molecular flexibility index (Phi) is 5.25. The van der Waals surface area contributed by atoms with Gasteiger partial charge in [-0.2, -0.15) is 5.10 Å². The van der Waals surface area contributed by atoms with Gasteiger partial charge in [0.15, 0.2) is 11.5 Å². The molecular formula is C24H19ClN4O3. The van der Waals surface area contributed by atoms with Crippen molar-refractivity contribution in [1.29, 1.82) is 0 Å². The Labute approximate surface area is 189 Å². The SMILES string of the molecule is O=C(Nc1cccc(NC(=O)C2CC2)c1)c1cc(-c2ccco2)n(-c2ccc(Cl)cc2)n1. The molecule has 2 aromatic carbocycles. The summed E-state index contributed by atoms with van der Waals surface area (Å²) in [7, 11) is 0. The van der Waals surface area contributed by atoms with Crippen LogP contribution < -0.4 is 10.6 Å². The Morgan fingerprint density at radius 2 is 1.72 bits per heavy atom. The summed E-state index contributed by atoms with van der Waals surface area (Å²) in [6.07, 6.45) is 3.42. The van der Waals surface area contributed by atoms with Crippen LogP contribution in [0.1, 0.15) is 23.3 Å². The maximum absolute atomic E-state index is 13.0. The number of nitrogens with zero attached hydrogens (tertiary/aromatic N) is 2. The van der Waals surface area contributed by atoms with Crippen molar-refractivity contribution >= 4 is 34.8 Å². The molecule has 8 heteroatoms. The van der Waals surface area contributed by atoms with E-state index in [2.05, 4.69) is 15.7 Å². The zero-order valence-corrected chi connectivity index (χ0v) is 17.7. The Morgan fingerprint density at radius 3 is 2.41 bits per heavy atom. The van der Waals surface area contributed by atoms with Gasteiger partial charge >= 0.3 is 0 Å². The van der Waals surface area contributed by atoms with Crippen molar-refractivity contribution in [2.75, 3.05) is 10.6 Å². The molecule has 1 aliphatic carbocycles. The minimum absolute atomic E-state index is 0.0123. The van der Waals surface area contributed by atoms with E-state index < -0.39 is 0 Å². The van der Waals surface area contributed by atoms with Crippen molar-refractivity contribution in [2.45, 2.75) is 12.8 Å². The first-order valence-corrected chi connectivity index (χ1v) is 10.6. The van der Waals surface area contributed by atoms with E-state index in [0.717, 1.165) is 18.5 Å². The second kappa shape index (κ2) is 8.36. The predicted molar refractivity (Wildman–Crippen MR) is 122 cm³/mol. The number of furan rings is 1. The molecule has 7 nitrogen and oxygen atoms in total. The first kappa shape index (κ1) is 20.1. The zero-order chi connectivity index (χ0) is 22.1. The van der Waals surface area contributed by atoms with Crippen LogP contribution in [0.5, 0.6) is 0 Å². The van der Waals surface area contributed by atoms with Crippen molar-refractivity contribution in [3.63, 3.8) is 0 Å². The van der Waals surface area contributed by atoms with E-state index in [1.165, 1.54) is 0 Å². The lowest BCUT2D eigenvalue weighted by Crippen LogP contribution is -2.15. The molecule has 0 unspecified atom stereocenters. The monoisotopic (exact) mass is 446 g/mol. The molecule has 0 saturated heterocycles. The van der Waals surface area contributed by atoms with Crippen LogP contribution in [0.2, 0.25) is 5.02 Å². The van der Waals surface area contributed by atoms with Gasteiger partial charge in [0.2, 0.25) is 5.91 Å². The van der Waals surface area contributed by atoms with Gasteiger partial charge in [-0.15, -0.1) is 0 Å². The predicted octanol–water partition coefficient (Wildman–Crippen LogP) is 5.39. The number of hydrogen-bond acceptors (Lipinski definition) is 4. The second-order valence-electron chi connectivity index (χ2n) is 7.58. The lowest BCUT2D eigenvalue weighted by molar-refractivity contribution is -0.117. The Balaban J connectivity index is 1.41. The van der Waals surface area contributed by atoms with E-state index in [9.17, 15) is 9.59 Å². The summed E-state index contributed by atoms with van der Waals surface area (Å²) in [4.78, 5) is 25.0. The van der Waals surface area contributed by atoms with Gasteiger partial charge in [0.25, 0.3) is 5.91 Å². The number of carbonyl (C=O) groups excluding carboxylic acids is 2. The summed E-state index contributed by atoms with van der Waals surface area (Å²) >= 11 is 6.01. The molecule has 5 rings (SSSR count). The molecule has 0 aliphatic heterocycles. The minimum atomic E-state index is -0.379. The van der Waals surface area contributed by atoms with Gasteiger partial charge < -0.3 is 15.1 Å². The number of aromatic nitrogens is 2. The number of hydrogen-bond donors (Lipinski definition) is 2. The summed E-state index contributed by atoms with van der Waals surface area (Å²) in [6, 6.07) is 19.4. The van der Waals surface area contributed by atoms with Gasteiger partial charge in [0.1, 0.15) is 5.69 Å². The summed E-state index contributed by atoms with van der Waals surface area (Å²) in [5, 5.41) is 10.8. The highest BCUT2D eigenvalue weighted by molar-refractivity contribution is 6.30. The van der Waals surface area contributed by atoms with Crippen molar-refractivity contribution in [2.24, 2.45) is 5.92 Å². The first-order chi connectivity index (χ1) is 15.6. The number of anilines is 2. The fourth-order valence-electron chi connectivity index (χ4n) is 3.33. The molecule has 4 aromatic rings. The number of nitrogens with one attached hydrogen (secondary N) is 2. The van der Waals surface area contributed by atoms with Crippen LogP contribution in [0.25, 0.3) is 17.1 Å². The first-order valence-electron chi connectivity index (χ1n) is 10.2. The number of rotatable bonds is 6. The van der Waals surface area contributed by atoms with E-state index in [4.69, 9.17) is 16.0 Å². The molecule has 160 valence electrons. The van der Waals surface area contributed by atoms with Crippen molar-refractivity contribution in [1.82, 2.24) is 9.78 Å². The second-order valence-corrected chi connectivity index (χ2v) is 8.02. The summed E-state index contributed by atoms with van der Waals surface area (Å²) in [5.74, 6) is 0.316. The Bertz CT molecular complexity index is 1280. The third-order valence-corrected chi connectivity index (χ3v) is 5.37. The van der Waals surface area contributed by atoms with Crippen molar-refractivity contribution < 1.29 is 14.0 Å². The Hall–Kier alpha value is -3.84. The van der Waals surface area contributed by atoms with Crippen molar-refractivity contribution in [3.8, 4) is 17.1 Å². The van der Waals surface area contributed by atoms with E-state index in [1.807, 2.05) is 12.1 Å². The molecule has 2 N–H and O–H groups in total. The highest BCUT2D eigenvalue weighted by Crippen LogP contribution is 2.30. The zero-order valence-electron chi connectivity index (χ0n) is 16.9. The topological polar surface area (TPSA) is 89.2 Å². The van der Waals surface area contributed by atoms with Crippen molar-refractivity contribution in [3.05, 3.63) is 83.7 Å². The number of benzene rings is 2. The van der Waals surface area contributed by atoms with E-state index in [1.54, 1.807) is 65.5 Å². The van der Waals surface area contributed by atoms with Crippen LogP contribution in [0.15, 0.2) is 77.4 Å². The smallest absolute Gasteiger partial charge is 0.276 e. The van der Waals surface area contributed by atoms with Gasteiger partial charge in [-0.1, -0.05) is 17.7 Å². The molecular weight excluding hydrogens is 428 g/mol. The van der Waals surface area contributed by atoms with E-state index >= 15 is 0 Å². The van der Waals surface area contributed by atoms with Crippen LogP contribution in [0, 0.1) is 5.92 Å². The fraction of sp³-hybridized carbons (Fsp3) is 0.125. The van der Waals surface area contributed by atoms with E-state index in [-0.39, 0.29) is 23.4 Å². The van der Waals surface area contributed by atoms with Gasteiger partial charge in [0, 0.05) is 28.4 Å². The van der Waals surface area contributed by atoms with Crippen LogP contribution in [0.3, 0.4) is 0 Å². The van der Waals surface area contributed by atoms with Gasteiger partial charge in [-0.25, -0.2) is 4.68 Å². The molecule has 0 spiro atoms. The van der Waals surface area contributed by atoms with Crippen LogP contribution in [0.4, 0.5) is 11.4 Å². The molecule has 1 fully saturated rings. The molecule has 32 heavy (non-hydrogen) atoms. The summed E-state index contributed by atoms with van der Waals surface area (Å²) in [6.45, 7) is 0. The Morgan fingerprint density at radius 1 is 0.969 bits per heavy atom. The van der Waals surface area contributed by atoms with Gasteiger partial charge in [-0.05, 0) is 67.4 Å².